The monoisotopic (exact) mass is 478 g/mol. The summed E-state index contributed by atoms with van der Waals surface area (Å²) in [5, 5.41) is 10.4. The topological polar surface area (TPSA) is 101 Å². The predicted molar refractivity (Wildman–Crippen MR) is 129 cm³/mol. The molecule has 1 amide bonds. The van der Waals surface area contributed by atoms with Gasteiger partial charge in [0.15, 0.2) is 0 Å². The second-order valence-corrected chi connectivity index (χ2v) is 10.4. The van der Waals surface area contributed by atoms with E-state index in [4.69, 9.17) is 0 Å². The summed E-state index contributed by atoms with van der Waals surface area (Å²) in [6.07, 6.45) is 0. The minimum absolute atomic E-state index is 0.107. The van der Waals surface area contributed by atoms with E-state index in [1.165, 1.54) is 0 Å². The lowest BCUT2D eigenvalue weighted by Gasteiger charge is -2.19. The van der Waals surface area contributed by atoms with Crippen LogP contribution in [0, 0.1) is 13.8 Å². The Hall–Kier alpha value is -3.40. The van der Waals surface area contributed by atoms with E-state index in [0.29, 0.717) is 5.56 Å². The maximum absolute atomic E-state index is 13.2. The van der Waals surface area contributed by atoms with Crippen LogP contribution in [0.5, 0.6) is 0 Å². The smallest absolute Gasteiger partial charge is 0.270 e. The number of nitrogens with one attached hydrogen (secondary N) is 2. The molecule has 2 N–H and O–H groups in total. The van der Waals surface area contributed by atoms with Gasteiger partial charge >= 0.3 is 0 Å². The molecular weight excluding hydrogens is 456 g/mol. The molecule has 3 aromatic carbocycles. The first kappa shape index (κ1) is 22.8. The fourth-order valence-electron chi connectivity index (χ4n) is 3.30. The Morgan fingerprint density at radius 2 is 1.48 bits per heavy atom. The zero-order valence-corrected chi connectivity index (χ0v) is 19.7. The van der Waals surface area contributed by atoms with Crippen LogP contribution >= 0.6 is 11.3 Å². The fourth-order valence-corrected chi connectivity index (χ4v) is 5.42. The minimum Gasteiger partial charge on any atom is -0.296 e. The molecule has 0 unspecified atom stereocenters. The molecule has 0 bridgehead atoms. The molecule has 0 fully saturated rings. The van der Waals surface area contributed by atoms with Crippen LogP contribution in [0.25, 0.3) is 0 Å². The number of aryl methyl sites for hydroxylation is 2. The largest absolute Gasteiger partial charge is 0.296 e. The number of anilines is 1. The number of benzene rings is 3. The summed E-state index contributed by atoms with van der Waals surface area (Å²) in [6, 6.07) is 23.5. The summed E-state index contributed by atoms with van der Waals surface area (Å²) in [6.45, 7) is 3.79. The first-order valence-electron chi connectivity index (χ1n) is 10.2. The lowest BCUT2D eigenvalue weighted by atomic mass is 9.99. The number of rotatable bonds is 7. The first-order chi connectivity index (χ1) is 15.8. The highest BCUT2D eigenvalue weighted by molar-refractivity contribution is 7.91. The van der Waals surface area contributed by atoms with E-state index in [2.05, 4.69) is 20.2 Å². The van der Waals surface area contributed by atoms with Crippen molar-refractivity contribution in [3.8, 4) is 0 Å². The van der Waals surface area contributed by atoms with Crippen molar-refractivity contribution < 1.29 is 13.2 Å². The van der Waals surface area contributed by atoms with Gasteiger partial charge < -0.3 is 0 Å². The van der Waals surface area contributed by atoms with Crippen LogP contribution in [0.3, 0.4) is 0 Å². The Labute approximate surface area is 196 Å². The number of hydrogen-bond donors (Lipinski definition) is 2. The third kappa shape index (κ3) is 5.33. The molecule has 7 nitrogen and oxygen atoms in total. The molecule has 1 aromatic heterocycles. The predicted octanol–water partition coefficient (Wildman–Crippen LogP) is 4.48. The fraction of sp³-hybridized carbons (Fsp3) is 0.125. The Morgan fingerprint density at radius 1 is 0.848 bits per heavy atom. The number of aromatic nitrogens is 2. The van der Waals surface area contributed by atoms with Crippen LogP contribution in [-0.2, 0) is 10.0 Å². The number of sulfonamides is 1. The van der Waals surface area contributed by atoms with Gasteiger partial charge in [0.25, 0.3) is 15.9 Å². The van der Waals surface area contributed by atoms with Gasteiger partial charge in [-0.3, -0.25) is 10.1 Å². The van der Waals surface area contributed by atoms with E-state index < -0.39 is 16.1 Å². The average molecular weight is 479 g/mol. The maximum atomic E-state index is 13.2. The van der Waals surface area contributed by atoms with Gasteiger partial charge in [-0.2, -0.15) is 4.72 Å². The van der Waals surface area contributed by atoms with Crippen molar-refractivity contribution in [2.75, 3.05) is 5.32 Å². The highest BCUT2D eigenvalue weighted by atomic mass is 32.2. The van der Waals surface area contributed by atoms with Gasteiger partial charge in [-0.1, -0.05) is 89.7 Å². The van der Waals surface area contributed by atoms with Gasteiger partial charge in [-0.05, 0) is 36.6 Å². The molecule has 0 saturated heterocycles. The van der Waals surface area contributed by atoms with Crippen molar-refractivity contribution >= 4 is 32.4 Å². The lowest BCUT2D eigenvalue weighted by Crippen LogP contribution is -2.29. The second kappa shape index (κ2) is 9.62. The van der Waals surface area contributed by atoms with Crippen molar-refractivity contribution in [2.45, 2.75) is 24.2 Å². The zero-order chi connectivity index (χ0) is 23.4. The Bertz CT molecular complexity index is 1370. The van der Waals surface area contributed by atoms with Crippen molar-refractivity contribution in [3.63, 3.8) is 0 Å². The van der Waals surface area contributed by atoms with E-state index in [1.54, 1.807) is 12.1 Å². The van der Waals surface area contributed by atoms with E-state index >= 15 is 0 Å². The van der Waals surface area contributed by atoms with E-state index in [1.807, 2.05) is 80.6 Å². The molecule has 1 heterocycles. The van der Waals surface area contributed by atoms with E-state index in [0.717, 1.165) is 33.6 Å². The van der Waals surface area contributed by atoms with Crippen molar-refractivity contribution in [1.29, 1.82) is 0 Å². The van der Waals surface area contributed by atoms with Gasteiger partial charge in [0.05, 0.1) is 6.04 Å². The second-order valence-electron chi connectivity index (χ2n) is 7.52. The van der Waals surface area contributed by atoms with Crippen molar-refractivity contribution in [1.82, 2.24) is 14.9 Å². The highest BCUT2D eigenvalue weighted by Gasteiger charge is 2.27. The Morgan fingerprint density at radius 3 is 2.18 bits per heavy atom. The van der Waals surface area contributed by atoms with Gasteiger partial charge in [-0.15, -0.1) is 10.2 Å². The van der Waals surface area contributed by atoms with Gasteiger partial charge in [0.2, 0.25) is 9.47 Å². The van der Waals surface area contributed by atoms with E-state index in [9.17, 15) is 13.2 Å². The van der Waals surface area contributed by atoms with Crippen LogP contribution in [-0.4, -0.2) is 24.5 Å². The summed E-state index contributed by atoms with van der Waals surface area (Å²) in [5.74, 6) is -0.372. The molecule has 1 atom stereocenters. The van der Waals surface area contributed by atoms with E-state index in [-0.39, 0.29) is 15.4 Å². The molecule has 0 aliphatic carbocycles. The lowest BCUT2D eigenvalue weighted by molar-refractivity contribution is 0.102. The molecule has 33 heavy (non-hydrogen) atoms. The molecule has 0 saturated carbocycles. The first-order valence-corrected chi connectivity index (χ1v) is 12.5. The highest BCUT2D eigenvalue weighted by Crippen LogP contribution is 2.27. The van der Waals surface area contributed by atoms with Crippen molar-refractivity contribution in [3.05, 3.63) is 107 Å². The molecular formula is C24H22N4O3S2. The van der Waals surface area contributed by atoms with Crippen molar-refractivity contribution in [2.24, 2.45) is 0 Å². The summed E-state index contributed by atoms with van der Waals surface area (Å²) < 4.78 is 28.8. The standard InChI is InChI=1S/C24H22N4O3S2/c1-16-12-14-19(15-13-16)21(18-9-4-3-5-10-18)28-33(30,31)24-27-26-23(32-24)25-22(29)20-11-7-6-8-17(20)2/h3-15,21,28H,1-2H3,(H,25,26,29)/t21-/m0/s1. The van der Waals surface area contributed by atoms with Crippen LogP contribution in [0.4, 0.5) is 5.13 Å². The van der Waals surface area contributed by atoms with Gasteiger partial charge in [-0.25, -0.2) is 8.42 Å². The summed E-state index contributed by atoms with van der Waals surface area (Å²) in [7, 11) is -4.01. The molecule has 0 aliphatic rings. The summed E-state index contributed by atoms with van der Waals surface area (Å²) >= 11 is 0.799. The molecule has 9 heteroatoms. The molecule has 0 spiro atoms. The molecule has 0 aliphatic heterocycles. The maximum Gasteiger partial charge on any atom is 0.270 e. The summed E-state index contributed by atoms with van der Waals surface area (Å²) in [5.41, 5.74) is 3.96. The van der Waals surface area contributed by atoms with Crippen LogP contribution in [0.15, 0.2) is 83.2 Å². The number of hydrogen-bond acceptors (Lipinski definition) is 6. The Kier molecular flexibility index (Phi) is 6.64. The third-order valence-electron chi connectivity index (χ3n) is 5.06. The van der Waals surface area contributed by atoms with Gasteiger partial charge in [0, 0.05) is 5.56 Å². The zero-order valence-electron chi connectivity index (χ0n) is 18.0. The average Bonchev–Trinajstić information content (AvgIpc) is 3.28. The summed E-state index contributed by atoms with van der Waals surface area (Å²) in [4.78, 5) is 12.5. The Balaban J connectivity index is 1.58. The van der Waals surface area contributed by atoms with Crippen LogP contribution in [0.1, 0.15) is 38.7 Å². The van der Waals surface area contributed by atoms with Crippen LogP contribution < -0.4 is 10.0 Å². The number of nitrogens with zero attached hydrogens (tertiary/aromatic N) is 2. The van der Waals surface area contributed by atoms with Gasteiger partial charge in [0.1, 0.15) is 0 Å². The number of carbonyl (C=O) groups excluding carboxylic acids is 1. The molecule has 0 radical (unpaired) electrons. The molecule has 4 aromatic rings. The molecule has 4 rings (SSSR count). The third-order valence-corrected chi connectivity index (χ3v) is 7.69. The van der Waals surface area contributed by atoms with Crippen LogP contribution in [0.2, 0.25) is 0 Å². The molecule has 168 valence electrons. The SMILES string of the molecule is Cc1ccc([C@@H](NS(=O)(=O)c2nnc(NC(=O)c3ccccc3C)s2)c2ccccc2)cc1. The normalized spacial score (nSPS) is 12.3. The quantitative estimate of drug-likeness (QED) is 0.382. The number of carbonyl (C=O) groups is 1. The minimum atomic E-state index is -4.01. The number of amides is 1.